The van der Waals surface area contributed by atoms with Gasteiger partial charge in [-0.1, -0.05) is 18.2 Å². The largest absolute Gasteiger partial charge is 0.462 e. The second-order valence-electron chi connectivity index (χ2n) is 2.54. The van der Waals surface area contributed by atoms with E-state index in [0.717, 1.165) is 5.56 Å². The lowest BCUT2D eigenvalue weighted by Gasteiger charge is -2.03. The minimum Gasteiger partial charge on any atom is -0.462 e. The number of carbonyl (C=O) groups excluding carboxylic acids is 1. The van der Waals surface area contributed by atoms with Crippen molar-refractivity contribution in [3.63, 3.8) is 0 Å². The normalized spacial score (nSPS) is 9.50. The second-order valence-corrected chi connectivity index (χ2v) is 2.54. The minimum absolute atomic E-state index is 0.240. The standard InChI is InChI=1S/C10H12O2/c1-3-12-10(11)9-7-5-4-6-8(9)2/h4-7H,3H2,1-2H3. The predicted octanol–water partition coefficient (Wildman–Crippen LogP) is 2.17. The maximum absolute atomic E-state index is 11.2. The molecule has 0 radical (unpaired) electrons. The molecule has 1 aromatic carbocycles. The van der Waals surface area contributed by atoms with Crippen LogP contribution in [0.2, 0.25) is 0 Å². The number of ether oxygens (including phenoxy) is 1. The zero-order valence-electron chi connectivity index (χ0n) is 7.33. The van der Waals surface area contributed by atoms with E-state index in [1.165, 1.54) is 0 Å². The maximum Gasteiger partial charge on any atom is 0.338 e. The van der Waals surface area contributed by atoms with Gasteiger partial charge in [-0.2, -0.15) is 0 Å². The quantitative estimate of drug-likeness (QED) is 0.626. The van der Waals surface area contributed by atoms with Gasteiger partial charge < -0.3 is 4.74 Å². The van der Waals surface area contributed by atoms with Crippen LogP contribution in [0.25, 0.3) is 0 Å². The van der Waals surface area contributed by atoms with Crippen LogP contribution < -0.4 is 0 Å². The molecule has 0 amide bonds. The summed E-state index contributed by atoms with van der Waals surface area (Å²) < 4.78 is 4.87. The third-order valence-electron chi connectivity index (χ3n) is 1.64. The van der Waals surface area contributed by atoms with Gasteiger partial charge in [-0.15, -0.1) is 0 Å². The molecule has 0 fully saturated rings. The van der Waals surface area contributed by atoms with Gasteiger partial charge in [0.1, 0.15) is 0 Å². The fourth-order valence-electron chi connectivity index (χ4n) is 1.01. The van der Waals surface area contributed by atoms with Crippen molar-refractivity contribution in [1.29, 1.82) is 0 Å². The van der Waals surface area contributed by atoms with Gasteiger partial charge in [0, 0.05) is 0 Å². The maximum atomic E-state index is 11.2. The molecule has 64 valence electrons. The van der Waals surface area contributed by atoms with Gasteiger partial charge in [0.25, 0.3) is 0 Å². The lowest BCUT2D eigenvalue weighted by Crippen LogP contribution is -2.05. The molecule has 0 spiro atoms. The van der Waals surface area contributed by atoms with Gasteiger partial charge in [0.05, 0.1) is 12.2 Å². The lowest BCUT2D eigenvalue weighted by molar-refractivity contribution is 0.0525. The van der Waals surface area contributed by atoms with E-state index in [9.17, 15) is 4.79 Å². The van der Waals surface area contributed by atoms with Gasteiger partial charge in [-0.25, -0.2) is 4.79 Å². The van der Waals surface area contributed by atoms with Crippen molar-refractivity contribution in [1.82, 2.24) is 0 Å². The van der Waals surface area contributed by atoms with Crippen LogP contribution in [0.4, 0.5) is 0 Å². The summed E-state index contributed by atoms with van der Waals surface area (Å²) in [6.45, 7) is 4.12. The summed E-state index contributed by atoms with van der Waals surface area (Å²) in [4.78, 5) is 11.2. The number of aryl methyl sites for hydroxylation is 1. The number of carbonyl (C=O) groups is 1. The summed E-state index contributed by atoms with van der Waals surface area (Å²) in [5, 5.41) is 0. The Kier molecular flexibility index (Phi) is 2.86. The molecule has 0 heterocycles. The SMILES string of the molecule is CCOC(=O)c1ccccc1C. The molecule has 0 aliphatic rings. The number of hydrogen-bond acceptors (Lipinski definition) is 2. The molecule has 0 N–H and O–H groups in total. The van der Waals surface area contributed by atoms with Crippen molar-refractivity contribution >= 4 is 5.97 Å². The average Bonchev–Trinajstić information content (AvgIpc) is 2.05. The van der Waals surface area contributed by atoms with Crippen LogP contribution in [0.3, 0.4) is 0 Å². The van der Waals surface area contributed by atoms with Crippen LogP contribution in [-0.2, 0) is 4.74 Å². The van der Waals surface area contributed by atoms with Crippen LogP contribution >= 0.6 is 0 Å². The summed E-state index contributed by atoms with van der Waals surface area (Å²) in [7, 11) is 0. The smallest absolute Gasteiger partial charge is 0.338 e. The van der Waals surface area contributed by atoms with E-state index in [4.69, 9.17) is 4.74 Å². The number of rotatable bonds is 2. The third-order valence-corrected chi connectivity index (χ3v) is 1.64. The first-order valence-corrected chi connectivity index (χ1v) is 3.98. The fraction of sp³-hybridized carbons (Fsp3) is 0.300. The molecule has 1 aromatic rings. The summed E-state index contributed by atoms with van der Waals surface area (Å²) >= 11 is 0. The highest BCUT2D eigenvalue weighted by molar-refractivity contribution is 5.90. The van der Waals surface area contributed by atoms with E-state index < -0.39 is 0 Å². The van der Waals surface area contributed by atoms with E-state index >= 15 is 0 Å². The molecule has 0 unspecified atom stereocenters. The van der Waals surface area contributed by atoms with Crippen molar-refractivity contribution < 1.29 is 9.53 Å². The van der Waals surface area contributed by atoms with E-state index in [-0.39, 0.29) is 5.97 Å². The Morgan fingerprint density at radius 3 is 2.67 bits per heavy atom. The summed E-state index contributed by atoms with van der Waals surface area (Å²) in [6.07, 6.45) is 0. The molecule has 0 aromatic heterocycles. The van der Waals surface area contributed by atoms with Crippen LogP contribution in [0.15, 0.2) is 24.3 Å². The third kappa shape index (κ3) is 1.84. The molecule has 0 saturated heterocycles. The van der Waals surface area contributed by atoms with Crippen LogP contribution in [0, 0.1) is 6.92 Å². The van der Waals surface area contributed by atoms with Crippen LogP contribution in [0.1, 0.15) is 22.8 Å². The Morgan fingerprint density at radius 1 is 1.42 bits per heavy atom. The Morgan fingerprint density at radius 2 is 2.08 bits per heavy atom. The summed E-state index contributed by atoms with van der Waals surface area (Å²) in [5.74, 6) is -0.240. The highest BCUT2D eigenvalue weighted by Crippen LogP contribution is 2.07. The van der Waals surface area contributed by atoms with Gasteiger partial charge >= 0.3 is 5.97 Å². The summed E-state index contributed by atoms with van der Waals surface area (Å²) in [6, 6.07) is 7.40. The first-order chi connectivity index (χ1) is 5.75. The van der Waals surface area contributed by atoms with E-state index in [1.54, 1.807) is 13.0 Å². The van der Waals surface area contributed by atoms with Crippen LogP contribution in [-0.4, -0.2) is 12.6 Å². The first kappa shape index (κ1) is 8.78. The van der Waals surface area contributed by atoms with Crippen molar-refractivity contribution in [3.05, 3.63) is 35.4 Å². The summed E-state index contributed by atoms with van der Waals surface area (Å²) in [5.41, 5.74) is 1.61. The molecule has 12 heavy (non-hydrogen) atoms. The van der Waals surface area contributed by atoms with Crippen LogP contribution in [0.5, 0.6) is 0 Å². The topological polar surface area (TPSA) is 26.3 Å². The molecule has 0 saturated carbocycles. The Labute approximate surface area is 72.2 Å². The predicted molar refractivity (Wildman–Crippen MR) is 47.1 cm³/mol. The van der Waals surface area contributed by atoms with Gasteiger partial charge in [0.2, 0.25) is 0 Å². The Balaban J connectivity index is 2.87. The first-order valence-electron chi connectivity index (χ1n) is 3.98. The Bertz CT molecular complexity index is 279. The zero-order chi connectivity index (χ0) is 8.97. The molecule has 1 rings (SSSR count). The molecular formula is C10H12O2. The number of esters is 1. The Hall–Kier alpha value is -1.31. The van der Waals surface area contributed by atoms with Gasteiger partial charge in [-0.3, -0.25) is 0 Å². The van der Waals surface area contributed by atoms with E-state index in [0.29, 0.717) is 12.2 Å². The van der Waals surface area contributed by atoms with Crippen molar-refractivity contribution in [2.75, 3.05) is 6.61 Å². The second kappa shape index (κ2) is 3.90. The van der Waals surface area contributed by atoms with Gasteiger partial charge in [-0.05, 0) is 25.5 Å². The average molecular weight is 164 g/mol. The zero-order valence-corrected chi connectivity index (χ0v) is 7.33. The van der Waals surface area contributed by atoms with Crippen molar-refractivity contribution in [2.24, 2.45) is 0 Å². The number of hydrogen-bond donors (Lipinski definition) is 0. The molecule has 2 heteroatoms. The molecule has 0 aliphatic heterocycles. The fourth-order valence-corrected chi connectivity index (χ4v) is 1.01. The lowest BCUT2D eigenvalue weighted by atomic mass is 10.1. The van der Waals surface area contributed by atoms with E-state index in [1.807, 2.05) is 25.1 Å². The van der Waals surface area contributed by atoms with Crippen molar-refractivity contribution in [3.8, 4) is 0 Å². The highest BCUT2D eigenvalue weighted by atomic mass is 16.5. The molecule has 0 atom stereocenters. The molecule has 0 aliphatic carbocycles. The van der Waals surface area contributed by atoms with E-state index in [2.05, 4.69) is 0 Å². The molecule has 2 nitrogen and oxygen atoms in total. The monoisotopic (exact) mass is 164 g/mol. The molecular weight excluding hydrogens is 152 g/mol. The van der Waals surface area contributed by atoms with Crippen molar-refractivity contribution in [2.45, 2.75) is 13.8 Å². The minimum atomic E-state index is -0.240. The van der Waals surface area contributed by atoms with Gasteiger partial charge in [0.15, 0.2) is 0 Å². The highest BCUT2D eigenvalue weighted by Gasteiger charge is 2.07. The number of benzene rings is 1. The molecule has 0 bridgehead atoms.